The van der Waals surface area contributed by atoms with Gasteiger partial charge in [-0.25, -0.2) is 4.39 Å². The number of aryl methyl sites for hydroxylation is 1. The lowest BCUT2D eigenvalue weighted by molar-refractivity contribution is 0.0953. The smallest absolute Gasteiger partial charge is 0.251 e. The highest BCUT2D eigenvalue weighted by Crippen LogP contribution is 2.32. The first kappa shape index (κ1) is 14.4. The largest absolute Gasteiger partial charge is 0.454 e. The maximum absolute atomic E-state index is 13.2. The lowest BCUT2D eigenvalue weighted by Crippen LogP contribution is -2.25. The molecule has 0 aromatic heterocycles. The van der Waals surface area contributed by atoms with Crippen molar-refractivity contribution in [2.24, 2.45) is 0 Å². The molecule has 0 fully saturated rings. The Morgan fingerprint density at radius 1 is 1.18 bits per heavy atom. The Hall–Kier alpha value is -2.56. The molecule has 1 aliphatic heterocycles. The van der Waals surface area contributed by atoms with Gasteiger partial charge in [-0.2, -0.15) is 0 Å². The van der Waals surface area contributed by atoms with Gasteiger partial charge in [0.2, 0.25) is 6.79 Å². The summed E-state index contributed by atoms with van der Waals surface area (Å²) in [5, 5.41) is 2.84. The van der Waals surface area contributed by atoms with E-state index in [2.05, 4.69) is 5.32 Å². The number of hydrogen-bond acceptors (Lipinski definition) is 3. The van der Waals surface area contributed by atoms with Crippen LogP contribution in [0.4, 0.5) is 4.39 Å². The molecule has 0 bridgehead atoms. The molecular weight excluding hydrogens is 285 g/mol. The molecule has 4 nitrogen and oxygen atoms in total. The van der Waals surface area contributed by atoms with E-state index in [0.717, 1.165) is 5.56 Å². The van der Waals surface area contributed by atoms with Crippen molar-refractivity contribution in [3.05, 3.63) is 58.9 Å². The average molecular weight is 301 g/mol. The molecule has 1 N–H and O–H groups in total. The van der Waals surface area contributed by atoms with Gasteiger partial charge in [-0.05, 0) is 48.7 Å². The van der Waals surface area contributed by atoms with Crippen molar-refractivity contribution in [2.45, 2.75) is 13.3 Å². The number of halogens is 1. The van der Waals surface area contributed by atoms with Crippen LogP contribution in [0, 0.1) is 12.7 Å². The summed E-state index contributed by atoms with van der Waals surface area (Å²) in [5.41, 5.74) is 2.13. The predicted octanol–water partition coefficient (Wildman–Crippen LogP) is 2.84. The van der Waals surface area contributed by atoms with E-state index in [9.17, 15) is 9.18 Å². The summed E-state index contributed by atoms with van der Waals surface area (Å²) < 4.78 is 23.6. The van der Waals surface area contributed by atoms with Gasteiger partial charge < -0.3 is 14.8 Å². The minimum Gasteiger partial charge on any atom is -0.454 e. The van der Waals surface area contributed by atoms with Crippen LogP contribution < -0.4 is 14.8 Å². The Morgan fingerprint density at radius 2 is 2.00 bits per heavy atom. The number of benzene rings is 2. The molecule has 114 valence electrons. The van der Waals surface area contributed by atoms with Crippen molar-refractivity contribution in [2.75, 3.05) is 13.3 Å². The molecule has 1 heterocycles. The highest BCUT2D eigenvalue weighted by Gasteiger charge is 2.15. The Bertz CT molecular complexity index is 715. The van der Waals surface area contributed by atoms with Crippen LogP contribution in [0.2, 0.25) is 0 Å². The molecule has 0 saturated heterocycles. The zero-order valence-corrected chi connectivity index (χ0v) is 12.2. The Labute approximate surface area is 127 Å². The number of carbonyl (C=O) groups is 1. The predicted molar refractivity (Wildman–Crippen MR) is 79.7 cm³/mol. The van der Waals surface area contributed by atoms with Crippen molar-refractivity contribution in [1.29, 1.82) is 0 Å². The summed E-state index contributed by atoms with van der Waals surface area (Å²) in [6.45, 7) is 2.40. The number of rotatable bonds is 4. The first-order chi connectivity index (χ1) is 10.6. The molecule has 3 rings (SSSR count). The summed E-state index contributed by atoms with van der Waals surface area (Å²) in [6, 6.07) is 10.1. The van der Waals surface area contributed by atoms with Gasteiger partial charge in [0.25, 0.3) is 5.91 Å². The first-order valence-corrected chi connectivity index (χ1v) is 7.06. The van der Waals surface area contributed by atoms with Crippen LogP contribution in [-0.4, -0.2) is 19.2 Å². The van der Waals surface area contributed by atoms with Crippen molar-refractivity contribution >= 4 is 5.91 Å². The minimum atomic E-state index is -0.215. The fraction of sp³-hybridized carbons (Fsp3) is 0.235. The van der Waals surface area contributed by atoms with Crippen LogP contribution in [0.1, 0.15) is 21.5 Å². The lowest BCUT2D eigenvalue weighted by Gasteiger charge is -2.07. The van der Waals surface area contributed by atoms with E-state index in [-0.39, 0.29) is 18.5 Å². The van der Waals surface area contributed by atoms with Gasteiger partial charge in [-0.3, -0.25) is 4.79 Å². The van der Waals surface area contributed by atoms with Crippen molar-refractivity contribution in [3.63, 3.8) is 0 Å². The van der Waals surface area contributed by atoms with E-state index < -0.39 is 0 Å². The van der Waals surface area contributed by atoms with Crippen LogP contribution in [0.15, 0.2) is 36.4 Å². The second-order valence-corrected chi connectivity index (χ2v) is 5.16. The second-order valence-electron chi connectivity index (χ2n) is 5.16. The monoisotopic (exact) mass is 301 g/mol. The first-order valence-electron chi connectivity index (χ1n) is 7.06. The van der Waals surface area contributed by atoms with Gasteiger partial charge in [0, 0.05) is 12.1 Å². The molecular formula is C17H16FNO3. The van der Waals surface area contributed by atoms with Gasteiger partial charge in [-0.1, -0.05) is 12.1 Å². The summed E-state index contributed by atoms with van der Waals surface area (Å²) in [6.07, 6.45) is 0.650. The molecule has 22 heavy (non-hydrogen) atoms. The van der Waals surface area contributed by atoms with Gasteiger partial charge in [0.1, 0.15) is 5.82 Å². The number of carbonyl (C=O) groups excluding carboxylic acids is 1. The Morgan fingerprint density at radius 3 is 2.82 bits per heavy atom. The average Bonchev–Trinajstić information content (AvgIpc) is 2.98. The molecule has 2 aromatic rings. The van der Waals surface area contributed by atoms with Gasteiger partial charge in [0.15, 0.2) is 11.5 Å². The van der Waals surface area contributed by atoms with E-state index in [1.54, 1.807) is 37.3 Å². The summed E-state index contributed by atoms with van der Waals surface area (Å²) >= 11 is 0. The quantitative estimate of drug-likeness (QED) is 0.944. The third-order valence-electron chi connectivity index (χ3n) is 3.56. The van der Waals surface area contributed by atoms with Crippen molar-refractivity contribution in [3.8, 4) is 11.5 Å². The normalized spacial score (nSPS) is 12.3. The van der Waals surface area contributed by atoms with Crippen LogP contribution in [0.5, 0.6) is 11.5 Å². The molecule has 0 atom stereocenters. The van der Waals surface area contributed by atoms with E-state index in [4.69, 9.17) is 9.47 Å². The van der Waals surface area contributed by atoms with Crippen LogP contribution in [0.25, 0.3) is 0 Å². The van der Waals surface area contributed by atoms with Crippen LogP contribution in [0.3, 0.4) is 0 Å². The maximum atomic E-state index is 13.2. The molecule has 1 amide bonds. The molecule has 0 spiro atoms. The van der Waals surface area contributed by atoms with Crippen molar-refractivity contribution in [1.82, 2.24) is 5.32 Å². The molecule has 1 aliphatic rings. The zero-order valence-electron chi connectivity index (χ0n) is 12.2. The van der Waals surface area contributed by atoms with Gasteiger partial charge >= 0.3 is 0 Å². The SMILES string of the molecule is Cc1cc(CCNC(=O)c2ccc3c(c2)OCO3)ccc1F. The van der Waals surface area contributed by atoms with Crippen LogP contribution >= 0.6 is 0 Å². The Kier molecular flexibility index (Phi) is 3.96. The molecule has 0 saturated carbocycles. The second kappa shape index (κ2) is 6.05. The number of fused-ring (bicyclic) bond motifs is 1. The highest BCUT2D eigenvalue weighted by atomic mass is 19.1. The molecule has 0 radical (unpaired) electrons. The van der Waals surface area contributed by atoms with E-state index in [1.165, 1.54) is 6.07 Å². The van der Waals surface area contributed by atoms with Gasteiger partial charge in [-0.15, -0.1) is 0 Å². The molecule has 5 heteroatoms. The van der Waals surface area contributed by atoms with E-state index in [0.29, 0.717) is 35.6 Å². The number of nitrogens with one attached hydrogen (secondary N) is 1. The standard InChI is InChI=1S/C17H16FNO3/c1-11-8-12(2-4-14(11)18)6-7-19-17(20)13-3-5-15-16(9-13)22-10-21-15/h2-5,8-9H,6-7,10H2,1H3,(H,19,20). The number of amides is 1. The molecule has 2 aromatic carbocycles. The fourth-order valence-corrected chi connectivity index (χ4v) is 2.32. The van der Waals surface area contributed by atoms with E-state index in [1.807, 2.05) is 0 Å². The number of hydrogen-bond donors (Lipinski definition) is 1. The van der Waals surface area contributed by atoms with E-state index >= 15 is 0 Å². The zero-order chi connectivity index (χ0) is 15.5. The Balaban J connectivity index is 1.57. The highest BCUT2D eigenvalue weighted by molar-refractivity contribution is 5.94. The van der Waals surface area contributed by atoms with Crippen molar-refractivity contribution < 1.29 is 18.7 Å². The molecule has 0 aliphatic carbocycles. The summed E-state index contributed by atoms with van der Waals surface area (Å²) in [4.78, 5) is 12.1. The number of ether oxygens (including phenoxy) is 2. The van der Waals surface area contributed by atoms with Crippen LogP contribution in [-0.2, 0) is 6.42 Å². The lowest BCUT2D eigenvalue weighted by atomic mass is 10.1. The third-order valence-corrected chi connectivity index (χ3v) is 3.56. The fourth-order valence-electron chi connectivity index (χ4n) is 2.32. The topological polar surface area (TPSA) is 47.6 Å². The van der Waals surface area contributed by atoms with Gasteiger partial charge in [0.05, 0.1) is 0 Å². The maximum Gasteiger partial charge on any atom is 0.251 e. The summed E-state index contributed by atoms with van der Waals surface area (Å²) in [7, 11) is 0. The third kappa shape index (κ3) is 3.03. The molecule has 0 unspecified atom stereocenters. The minimum absolute atomic E-state index is 0.169. The summed E-state index contributed by atoms with van der Waals surface area (Å²) in [5.74, 6) is 0.852.